The number of hydrogen-bond acceptors (Lipinski definition) is 4. The molecule has 4 nitrogen and oxygen atoms in total. The van der Waals surface area contributed by atoms with Gasteiger partial charge in [-0.3, -0.25) is 9.59 Å². The minimum absolute atomic E-state index is 0.0460. The van der Waals surface area contributed by atoms with Gasteiger partial charge in [0.2, 0.25) is 0 Å². The van der Waals surface area contributed by atoms with Crippen molar-refractivity contribution in [2.24, 2.45) is 0 Å². The molecule has 0 bridgehead atoms. The van der Waals surface area contributed by atoms with Crippen LogP contribution in [0, 0.1) is 0 Å². The minimum Gasteiger partial charge on any atom is -0.463 e. The highest BCUT2D eigenvalue weighted by atomic mass is 16.5. The summed E-state index contributed by atoms with van der Waals surface area (Å²) in [6.07, 6.45) is 16.1. The van der Waals surface area contributed by atoms with Crippen LogP contribution in [0.25, 0.3) is 0 Å². The fraction of sp³-hybridized carbons (Fsp3) is 0.800. The van der Waals surface area contributed by atoms with Crippen LogP contribution in [0.15, 0.2) is 12.2 Å². The number of hydrogen-bond donors (Lipinski definition) is 1. The van der Waals surface area contributed by atoms with Gasteiger partial charge < -0.3 is 9.84 Å². The van der Waals surface area contributed by atoms with Crippen molar-refractivity contribution in [3.63, 3.8) is 0 Å². The van der Waals surface area contributed by atoms with Crippen LogP contribution in [0.4, 0.5) is 0 Å². The largest absolute Gasteiger partial charge is 0.463 e. The molecule has 0 saturated carbocycles. The summed E-state index contributed by atoms with van der Waals surface area (Å²) in [5.74, 6) is -0.387. The molecule has 0 spiro atoms. The molecule has 0 radical (unpaired) electrons. The number of aliphatic hydroxyl groups excluding tert-OH is 1. The third-order valence-corrected chi connectivity index (χ3v) is 3.91. The van der Waals surface area contributed by atoms with Gasteiger partial charge in [-0.1, -0.05) is 51.2 Å². The first-order valence-corrected chi connectivity index (χ1v) is 9.54. The van der Waals surface area contributed by atoms with Gasteiger partial charge in [0.15, 0.2) is 0 Å². The molecule has 24 heavy (non-hydrogen) atoms. The molecule has 1 unspecified atom stereocenters. The van der Waals surface area contributed by atoms with E-state index in [1.807, 2.05) is 0 Å². The lowest BCUT2D eigenvalue weighted by molar-refractivity contribution is -0.145. The Bertz CT molecular complexity index is 350. The molecule has 0 aromatic heterocycles. The second-order valence-corrected chi connectivity index (χ2v) is 6.47. The van der Waals surface area contributed by atoms with Crippen molar-refractivity contribution >= 4 is 11.8 Å². The lowest BCUT2D eigenvalue weighted by Gasteiger charge is -2.09. The summed E-state index contributed by atoms with van der Waals surface area (Å²) in [6.45, 7) is 3.42. The lowest BCUT2D eigenvalue weighted by atomic mass is 10.0. The maximum Gasteiger partial charge on any atom is 0.302 e. The number of aliphatic hydroxyl groups is 1. The number of carbonyl (C=O) groups is 2. The number of ketones is 1. The zero-order chi connectivity index (χ0) is 18.0. The first kappa shape index (κ1) is 22.8. The normalized spacial score (nSPS) is 12.5. The van der Waals surface area contributed by atoms with Crippen molar-refractivity contribution in [1.29, 1.82) is 0 Å². The molecule has 0 rings (SSSR count). The van der Waals surface area contributed by atoms with Crippen molar-refractivity contribution in [3.8, 4) is 0 Å². The van der Waals surface area contributed by atoms with Crippen molar-refractivity contribution < 1.29 is 19.4 Å². The topological polar surface area (TPSA) is 63.6 Å². The van der Waals surface area contributed by atoms with Crippen LogP contribution >= 0.6 is 0 Å². The van der Waals surface area contributed by atoms with E-state index in [-0.39, 0.29) is 18.8 Å². The van der Waals surface area contributed by atoms with Crippen LogP contribution in [-0.2, 0) is 14.3 Å². The van der Waals surface area contributed by atoms with E-state index >= 15 is 0 Å². The second kappa shape index (κ2) is 16.7. The Morgan fingerprint density at radius 1 is 0.958 bits per heavy atom. The molecule has 140 valence electrons. The number of Topliss-reactive ketones (excluding diaryl/α,β-unsaturated/α-hetero) is 1. The summed E-state index contributed by atoms with van der Waals surface area (Å²) in [7, 11) is 0. The number of unbranched alkanes of at least 4 members (excludes halogenated alkanes) is 8. The van der Waals surface area contributed by atoms with E-state index in [1.54, 1.807) is 0 Å². The van der Waals surface area contributed by atoms with Gasteiger partial charge in [0.1, 0.15) is 12.4 Å². The van der Waals surface area contributed by atoms with E-state index in [2.05, 4.69) is 23.8 Å². The van der Waals surface area contributed by atoms with E-state index in [0.29, 0.717) is 6.42 Å². The molecular weight excluding hydrogens is 304 g/mol. The molecular formula is C20H36O4. The van der Waals surface area contributed by atoms with E-state index in [0.717, 1.165) is 25.7 Å². The smallest absolute Gasteiger partial charge is 0.302 e. The maximum absolute atomic E-state index is 11.7. The van der Waals surface area contributed by atoms with Crippen LogP contribution in [0.1, 0.15) is 90.9 Å². The number of ether oxygens (including phenoxy) is 1. The number of carbonyl (C=O) groups excluding carboxylic acids is 2. The highest BCUT2D eigenvalue weighted by Crippen LogP contribution is 2.10. The van der Waals surface area contributed by atoms with Gasteiger partial charge in [-0.15, -0.1) is 0 Å². The van der Waals surface area contributed by atoms with Crippen LogP contribution in [0.5, 0.6) is 0 Å². The van der Waals surface area contributed by atoms with Crippen molar-refractivity contribution in [2.75, 3.05) is 6.61 Å². The molecule has 1 N–H and O–H groups in total. The Balaban J connectivity index is 3.37. The van der Waals surface area contributed by atoms with Gasteiger partial charge in [0.25, 0.3) is 0 Å². The third-order valence-electron chi connectivity index (χ3n) is 3.91. The average molecular weight is 341 g/mol. The van der Waals surface area contributed by atoms with Gasteiger partial charge in [0, 0.05) is 19.8 Å². The summed E-state index contributed by atoms with van der Waals surface area (Å²) < 4.78 is 4.67. The van der Waals surface area contributed by atoms with Gasteiger partial charge in [-0.25, -0.2) is 0 Å². The molecule has 0 heterocycles. The molecule has 1 atom stereocenters. The van der Waals surface area contributed by atoms with Crippen molar-refractivity contribution in [2.45, 2.75) is 97.0 Å². The number of rotatable bonds is 16. The van der Waals surface area contributed by atoms with Gasteiger partial charge in [-0.2, -0.15) is 0 Å². The molecule has 0 amide bonds. The highest BCUT2D eigenvalue weighted by molar-refractivity contribution is 5.78. The van der Waals surface area contributed by atoms with Gasteiger partial charge in [0.05, 0.1) is 6.10 Å². The molecule has 4 heteroatoms. The summed E-state index contributed by atoms with van der Waals surface area (Å²) in [4.78, 5) is 22.3. The molecule has 0 fully saturated rings. The minimum atomic E-state index is -0.870. The number of esters is 1. The van der Waals surface area contributed by atoms with E-state index in [4.69, 9.17) is 0 Å². The SMILES string of the molecule is CCCCC/C=C/CCCCCCCC(=O)CC(O)COC(C)=O. The zero-order valence-electron chi connectivity index (χ0n) is 15.6. The van der Waals surface area contributed by atoms with E-state index < -0.39 is 12.1 Å². The number of allylic oxidation sites excluding steroid dienone is 2. The monoisotopic (exact) mass is 340 g/mol. The first-order valence-electron chi connectivity index (χ1n) is 9.54. The lowest BCUT2D eigenvalue weighted by Crippen LogP contribution is -2.20. The quantitative estimate of drug-likeness (QED) is 0.250. The summed E-state index contributed by atoms with van der Waals surface area (Å²) in [5, 5.41) is 9.56. The predicted octanol–water partition coefficient (Wildman–Crippen LogP) is 4.74. The Morgan fingerprint density at radius 2 is 1.54 bits per heavy atom. The average Bonchev–Trinajstić information content (AvgIpc) is 2.54. The Labute approximate surface area is 147 Å². The molecule has 0 aliphatic heterocycles. The van der Waals surface area contributed by atoms with Crippen molar-refractivity contribution in [3.05, 3.63) is 12.2 Å². The third kappa shape index (κ3) is 17.2. The fourth-order valence-electron chi connectivity index (χ4n) is 2.50. The van der Waals surface area contributed by atoms with Crippen molar-refractivity contribution in [1.82, 2.24) is 0 Å². The van der Waals surface area contributed by atoms with Gasteiger partial charge >= 0.3 is 5.97 Å². The maximum atomic E-state index is 11.7. The molecule has 0 aliphatic carbocycles. The molecule has 0 aliphatic rings. The Morgan fingerprint density at radius 3 is 2.17 bits per heavy atom. The molecule has 0 saturated heterocycles. The molecule has 0 aromatic rings. The van der Waals surface area contributed by atoms with E-state index in [1.165, 1.54) is 45.4 Å². The van der Waals surface area contributed by atoms with Crippen LogP contribution in [-0.4, -0.2) is 29.6 Å². The standard InChI is InChI=1S/C20H36O4/c1-3-4-5-6-7-8-9-10-11-12-13-14-15-19(22)16-20(23)17-24-18(2)21/h7-8,20,23H,3-6,9-17H2,1-2H3/b8-7+. The summed E-state index contributed by atoms with van der Waals surface area (Å²) in [6, 6.07) is 0. The highest BCUT2D eigenvalue weighted by Gasteiger charge is 2.11. The van der Waals surface area contributed by atoms with Gasteiger partial charge in [-0.05, 0) is 32.1 Å². The van der Waals surface area contributed by atoms with E-state index in [9.17, 15) is 14.7 Å². The summed E-state index contributed by atoms with van der Waals surface area (Å²) in [5.41, 5.74) is 0. The zero-order valence-corrected chi connectivity index (χ0v) is 15.6. The Hall–Kier alpha value is -1.16. The summed E-state index contributed by atoms with van der Waals surface area (Å²) >= 11 is 0. The fourth-order valence-corrected chi connectivity index (χ4v) is 2.50. The van der Waals surface area contributed by atoms with Crippen LogP contribution in [0.3, 0.4) is 0 Å². The Kier molecular flexibility index (Phi) is 15.9. The second-order valence-electron chi connectivity index (χ2n) is 6.47. The first-order chi connectivity index (χ1) is 11.6. The van der Waals surface area contributed by atoms with Crippen LogP contribution in [0.2, 0.25) is 0 Å². The molecule has 0 aromatic carbocycles. The van der Waals surface area contributed by atoms with Crippen LogP contribution < -0.4 is 0 Å². The predicted molar refractivity (Wildman–Crippen MR) is 97.9 cm³/mol.